The fourth-order valence-corrected chi connectivity index (χ4v) is 2.17. The summed E-state index contributed by atoms with van der Waals surface area (Å²) in [6.45, 7) is 0. The van der Waals surface area contributed by atoms with Gasteiger partial charge in [0.2, 0.25) is 0 Å². The maximum absolute atomic E-state index is 9.54. The van der Waals surface area contributed by atoms with Crippen LogP contribution in [0.1, 0.15) is 0 Å². The molecule has 0 saturated carbocycles. The molecule has 0 aliphatic carbocycles. The lowest BCUT2D eigenvalue weighted by molar-refractivity contribution is 0.471. The van der Waals surface area contributed by atoms with Gasteiger partial charge in [0.25, 0.3) is 0 Å². The molecule has 2 nitrogen and oxygen atoms in total. The number of halogens is 1. The summed E-state index contributed by atoms with van der Waals surface area (Å²) in [7, 11) is 0. The highest BCUT2D eigenvalue weighted by molar-refractivity contribution is 9.10. The van der Waals surface area contributed by atoms with Crippen LogP contribution in [0.5, 0.6) is 5.75 Å². The standard InChI is InChI=1S/C12H7BrO2/c13-11-9(14)6-5-8-7-3-1-2-4-10(7)15-12(8)11/h1-6,14H. The molecule has 0 saturated heterocycles. The van der Waals surface area contributed by atoms with Gasteiger partial charge in [-0.25, -0.2) is 0 Å². The minimum atomic E-state index is 0.196. The van der Waals surface area contributed by atoms with Crippen molar-refractivity contribution in [2.24, 2.45) is 0 Å². The van der Waals surface area contributed by atoms with Crippen LogP contribution < -0.4 is 0 Å². The Labute approximate surface area is 94.3 Å². The van der Waals surface area contributed by atoms with Gasteiger partial charge in [0, 0.05) is 10.8 Å². The molecule has 3 rings (SSSR count). The molecule has 0 amide bonds. The van der Waals surface area contributed by atoms with E-state index in [0.717, 1.165) is 16.4 Å². The molecule has 0 aliphatic heterocycles. The summed E-state index contributed by atoms with van der Waals surface area (Å²) in [6.07, 6.45) is 0. The third-order valence-electron chi connectivity index (χ3n) is 2.47. The first-order valence-electron chi connectivity index (χ1n) is 4.56. The van der Waals surface area contributed by atoms with Crippen molar-refractivity contribution in [2.45, 2.75) is 0 Å². The molecule has 0 unspecified atom stereocenters. The van der Waals surface area contributed by atoms with Crippen molar-refractivity contribution in [1.29, 1.82) is 0 Å². The van der Waals surface area contributed by atoms with E-state index in [1.54, 1.807) is 6.07 Å². The number of furan rings is 1. The third-order valence-corrected chi connectivity index (χ3v) is 3.23. The lowest BCUT2D eigenvalue weighted by atomic mass is 10.1. The van der Waals surface area contributed by atoms with Crippen LogP contribution in [0.4, 0.5) is 0 Å². The number of rotatable bonds is 0. The van der Waals surface area contributed by atoms with E-state index >= 15 is 0 Å². The molecule has 1 N–H and O–H groups in total. The first kappa shape index (κ1) is 8.80. The topological polar surface area (TPSA) is 33.4 Å². The quantitative estimate of drug-likeness (QED) is 0.663. The van der Waals surface area contributed by atoms with Crippen LogP contribution in [0.15, 0.2) is 45.3 Å². The van der Waals surface area contributed by atoms with Gasteiger partial charge in [0.05, 0.1) is 0 Å². The Kier molecular flexibility index (Phi) is 1.76. The summed E-state index contributed by atoms with van der Waals surface area (Å²) in [6, 6.07) is 11.3. The molecule has 1 aromatic heterocycles. The van der Waals surface area contributed by atoms with E-state index in [1.807, 2.05) is 30.3 Å². The average Bonchev–Trinajstić information content (AvgIpc) is 2.63. The van der Waals surface area contributed by atoms with Crippen molar-refractivity contribution >= 4 is 37.9 Å². The van der Waals surface area contributed by atoms with Crippen LogP contribution in [0.2, 0.25) is 0 Å². The Morgan fingerprint density at radius 3 is 2.67 bits per heavy atom. The molecule has 0 spiro atoms. The normalized spacial score (nSPS) is 11.3. The molecule has 0 aliphatic rings. The van der Waals surface area contributed by atoms with E-state index in [4.69, 9.17) is 4.42 Å². The van der Waals surface area contributed by atoms with Crippen LogP contribution in [0.25, 0.3) is 21.9 Å². The number of phenols is 1. The minimum absolute atomic E-state index is 0.196. The Morgan fingerprint density at radius 2 is 1.80 bits per heavy atom. The van der Waals surface area contributed by atoms with Crippen molar-refractivity contribution in [3.05, 3.63) is 40.9 Å². The van der Waals surface area contributed by atoms with E-state index in [2.05, 4.69) is 15.9 Å². The van der Waals surface area contributed by atoms with E-state index in [-0.39, 0.29) is 5.75 Å². The molecule has 0 radical (unpaired) electrons. The van der Waals surface area contributed by atoms with Gasteiger partial charge in [0.15, 0.2) is 5.58 Å². The fraction of sp³-hybridized carbons (Fsp3) is 0. The van der Waals surface area contributed by atoms with Crippen LogP contribution in [0, 0.1) is 0 Å². The van der Waals surface area contributed by atoms with E-state index in [1.165, 1.54) is 0 Å². The second-order valence-electron chi connectivity index (χ2n) is 3.37. The molecule has 3 aromatic rings. The molecule has 2 aromatic carbocycles. The predicted molar refractivity (Wildman–Crippen MR) is 63.1 cm³/mol. The second-order valence-corrected chi connectivity index (χ2v) is 4.17. The summed E-state index contributed by atoms with van der Waals surface area (Å²) in [4.78, 5) is 0. The number of hydrogen-bond acceptors (Lipinski definition) is 2. The van der Waals surface area contributed by atoms with Crippen molar-refractivity contribution in [3.8, 4) is 5.75 Å². The first-order valence-corrected chi connectivity index (χ1v) is 5.35. The highest BCUT2D eigenvalue weighted by Gasteiger charge is 2.11. The van der Waals surface area contributed by atoms with Crippen molar-refractivity contribution in [1.82, 2.24) is 0 Å². The summed E-state index contributed by atoms with van der Waals surface area (Å²) in [5, 5.41) is 11.6. The van der Waals surface area contributed by atoms with Crippen LogP contribution >= 0.6 is 15.9 Å². The first-order chi connectivity index (χ1) is 7.27. The number of fused-ring (bicyclic) bond motifs is 3. The molecule has 15 heavy (non-hydrogen) atoms. The number of phenolic OH excluding ortho intramolecular Hbond substituents is 1. The summed E-state index contributed by atoms with van der Waals surface area (Å²) < 4.78 is 6.26. The smallest absolute Gasteiger partial charge is 0.153 e. The predicted octanol–water partition coefficient (Wildman–Crippen LogP) is 4.05. The largest absolute Gasteiger partial charge is 0.507 e. The fourth-order valence-electron chi connectivity index (χ4n) is 1.75. The third kappa shape index (κ3) is 1.16. The molecule has 3 heteroatoms. The lowest BCUT2D eigenvalue weighted by Gasteiger charge is -1.95. The Bertz CT molecular complexity index is 655. The van der Waals surface area contributed by atoms with Crippen molar-refractivity contribution in [3.63, 3.8) is 0 Å². The summed E-state index contributed by atoms with van der Waals surface area (Å²) in [5.74, 6) is 0.196. The number of benzene rings is 2. The van der Waals surface area contributed by atoms with Crippen LogP contribution in [0.3, 0.4) is 0 Å². The molecular weight excluding hydrogens is 256 g/mol. The Hall–Kier alpha value is -1.48. The minimum Gasteiger partial charge on any atom is -0.507 e. The monoisotopic (exact) mass is 262 g/mol. The molecule has 0 fully saturated rings. The van der Waals surface area contributed by atoms with E-state index in [9.17, 15) is 5.11 Å². The molecule has 74 valence electrons. The van der Waals surface area contributed by atoms with Gasteiger partial charge in [-0.3, -0.25) is 0 Å². The number of para-hydroxylation sites is 1. The zero-order valence-corrected chi connectivity index (χ0v) is 9.28. The van der Waals surface area contributed by atoms with E-state index < -0.39 is 0 Å². The number of hydrogen-bond donors (Lipinski definition) is 1. The number of aromatic hydroxyl groups is 1. The van der Waals surface area contributed by atoms with Gasteiger partial charge in [0.1, 0.15) is 15.8 Å². The van der Waals surface area contributed by atoms with Gasteiger partial charge < -0.3 is 9.52 Å². The molecule has 1 heterocycles. The maximum Gasteiger partial charge on any atom is 0.153 e. The highest BCUT2D eigenvalue weighted by Crippen LogP contribution is 2.37. The zero-order valence-electron chi connectivity index (χ0n) is 7.70. The van der Waals surface area contributed by atoms with Gasteiger partial charge in [-0.1, -0.05) is 18.2 Å². The molecule has 0 bridgehead atoms. The Morgan fingerprint density at radius 1 is 1.00 bits per heavy atom. The lowest BCUT2D eigenvalue weighted by Crippen LogP contribution is -1.70. The highest BCUT2D eigenvalue weighted by atomic mass is 79.9. The zero-order chi connectivity index (χ0) is 10.4. The molecular formula is C12H7BrO2. The maximum atomic E-state index is 9.54. The average molecular weight is 263 g/mol. The van der Waals surface area contributed by atoms with Gasteiger partial charge in [-0.05, 0) is 34.1 Å². The van der Waals surface area contributed by atoms with Gasteiger partial charge in [-0.15, -0.1) is 0 Å². The Balaban J connectivity index is 2.60. The van der Waals surface area contributed by atoms with Crippen molar-refractivity contribution in [2.75, 3.05) is 0 Å². The summed E-state index contributed by atoms with van der Waals surface area (Å²) in [5.41, 5.74) is 1.52. The van der Waals surface area contributed by atoms with Gasteiger partial charge in [-0.2, -0.15) is 0 Å². The van der Waals surface area contributed by atoms with E-state index in [0.29, 0.717) is 10.1 Å². The SMILES string of the molecule is Oc1ccc2c(oc3ccccc32)c1Br. The molecule has 0 atom stereocenters. The van der Waals surface area contributed by atoms with Gasteiger partial charge >= 0.3 is 0 Å². The van der Waals surface area contributed by atoms with Crippen molar-refractivity contribution < 1.29 is 9.52 Å². The van der Waals surface area contributed by atoms with Crippen LogP contribution in [-0.2, 0) is 0 Å². The van der Waals surface area contributed by atoms with Crippen LogP contribution in [-0.4, -0.2) is 5.11 Å². The summed E-state index contributed by atoms with van der Waals surface area (Å²) >= 11 is 3.32. The second kappa shape index (κ2) is 3.00.